The smallest absolute Gasteiger partial charge is 0.251 e. The van der Waals surface area contributed by atoms with Crippen LogP contribution in [0.2, 0.25) is 0 Å². The normalized spacial score (nSPS) is 22.0. The fourth-order valence-electron chi connectivity index (χ4n) is 5.63. The summed E-state index contributed by atoms with van der Waals surface area (Å²) in [6, 6.07) is 6.39. The molecule has 3 heterocycles. The number of nitrogens with zero attached hydrogens (tertiary/aromatic N) is 2. The summed E-state index contributed by atoms with van der Waals surface area (Å²) in [5.41, 5.74) is 2.71. The average Bonchev–Trinajstić information content (AvgIpc) is 2.88. The van der Waals surface area contributed by atoms with E-state index in [9.17, 15) is 9.59 Å². The first-order chi connectivity index (χ1) is 17.1. The number of rotatable bonds is 4. The molecule has 7 nitrogen and oxygen atoms in total. The van der Waals surface area contributed by atoms with E-state index in [4.69, 9.17) is 9.47 Å². The molecule has 3 aliphatic heterocycles. The lowest BCUT2D eigenvalue weighted by atomic mass is 9.99. The maximum absolute atomic E-state index is 13.1. The molecule has 0 radical (unpaired) electrons. The third kappa shape index (κ3) is 7.51. The molecule has 7 heteroatoms. The second kappa shape index (κ2) is 13.4. The highest BCUT2D eigenvalue weighted by Gasteiger charge is 2.25. The Morgan fingerprint density at radius 3 is 2.29 bits per heavy atom. The number of carbonyl (C=O) groups is 2. The van der Waals surface area contributed by atoms with Crippen molar-refractivity contribution < 1.29 is 19.1 Å². The summed E-state index contributed by atoms with van der Waals surface area (Å²) >= 11 is 0. The van der Waals surface area contributed by atoms with E-state index in [0.29, 0.717) is 24.1 Å². The van der Waals surface area contributed by atoms with E-state index in [1.54, 1.807) is 6.92 Å². The molecule has 0 bridgehead atoms. The average molecular weight is 486 g/mol. The molecular weight excluding hydrogens is 442 g/mol. The van der Waals surface area contributed by atoms with Crippen molar-refractivity contribution in [2.45, 2.75) is 77.3 Å². The monoisotopic (exact) mass is 485 g/mol. The van der Waals surface area contributed by atoms with Crippen LogP contribution in [0.15, 0.2) is 18.2 Å². The molecule has 2 fully saturated rings. The quantitative estimate of drug-likeness (QED) is 0.694. The Morgan fingerprint density at radius 2 is 1.57 bits per heavy atom. The first kappa shape index (κ1) is 26.1. The van der Waals surface area contributed by atoms with Crippen molar-refractivity contribution in [3.63, 3.8) is 0 Å². The first-order valence-corrected chi connectivity index (χ1v) is 13.7. The number of hydrogen-bond acceptors (Lipinski definition) is 5. The van der Waals surface area contributed by atoms with Crippen LogP contribution in [0.1, 0.15) is 80.6 Å². The van der Waals surface area contributed by atoms with Crippen LogP contribution >= 0.6 is 0 Å². The zero-order valence-electron chi connectivity index (χ0n) is 21.4. The fraction of sp³-hybridized carbons (Fsp3) is 0.714. The molecule has 194 valence electrons. The molecule has 0 atom stereocenters. The van der Waals surface area contributed by atoms with E-state index in [1.165, 1.54) is 19.3 Å². The van der Waals surface area contributed by atoms with Crippen LogP contribution in [0.3, 0.4) is 0 Å². The number of benzene rings is 1. The number of ether oxygens (including phenoxy) is 2. The van der Waals surface area contributed by atoms with Crippen LogP contribution < -0.4 is 10.2 Å². The number of fused-ring (bicyclic) bond motifs is 1. The van der Waals surface area contributed by atoms with Gasteiger partial charge in [0.2, 0.25) is 5.91 Å². The van der Waals surface area contributed by atoms with Gasteiger partial charge < -0.3 is 19.7 Å². The summed E-state index contributed by atoms with van der Waals surface area (Å²) in [5, 5.41) is 3.15. The molecule has 0 spiro atoms. The SMILES string of the molecule is CC(=O)N1CCCCCCCN(C2CCOCC2)Cc2cc(C(=O)NCC3CCOCC3)ccc21. The highest BCUT2D eigenvalue weighted by atomic mass is 16.5. The van der Waals surface area contributed by atoms with Crippen molar-refractivity contribution in [3.05, 3.63) is 29.3 Å². The van der Waals surface area contributed by atoms with Gasteiger partial charge in [-0.05, 0) is 74.8 Å². The molecular formula is C28H43N3O4. The Hall–Kier alpha value is -1.96. The largest absolute Gasteiger partial charge is 0.381 e. The van der Waals surface area contributed by atoms with E-state index in [2.05, 4.69) is 10.2 Å². The Morgan fingerprint density at radius 1 is 0.914 bits per heavy atom. The van der Waals surface area contributed by atoms with Crippen molar-refractivity contribution in [2.24, 2.45) is 5.92 Å². The lowest BCUT2D eigenvalue weighted by Crippen LogP contribution is -2.40. The fourth-order valence-corrected chi connectivity index (χ4v) is 5.63. The molecule has 3 aliphatic rings. The molecule has 1 aromatic rings. The molecule has 1 N–H and O–H groups in total. The van der Waals surface area contributed by atoms with Gasteiger partial charge in [0, 0.05) is 70.3 Å². The molecule has 0 aliphatic carbocycles. The maximum Gasteiger partial charge on any atom is 0.251 e. The van der Waals surface area contributed by atoms with Gasteiger partial charge in [0.25, 0.3) is 5.91 Å². The minimum atomic E-state index is -0.0302. The lowest BCUT2D eigenvalue weighted by molar-refractivity contribution is -0.116. The lowest BCUT2D eigenvalue weighted by Gasteiger charge is -2.36. The van der Waals surface area contributed by atoms with Crippen LogP contribution in [-0.2, 0) is 20.8 Å². The zero-order valence-corrected chi connectivity index (χ0v) is 21.4. The van der Waals surface area contributed by atoms with Crippen molar-refractivity contribution in [1.82, 2.24) is 10.2 Å². The van der Waals surface area contributed by atoms with Gasteiger partial charge >= 0.3 is 0 Å². The van der Waals surface area contributed by atoms with Crippen LogP contribution in [-0.4, -0.2) is 68.8 Å². The summed E-state index contributed by atoms with van der Waals surface area (Å²) in [5.74, 6) is 0.518. The Kier molecular flexibility index (Phi) is 9.98. The number of hydrogen-bond donors (Lipinski definition) is 1. The highest BCUT2D eigenvalue weighted by molar-refractivity contribution is 5.97. The molecule has 2 saturated heterocycles. The highest BCUT2D eigenvalue weighted by Crippen LogP contribution is 2.28. The molecule has 2 amide bonds. The first-order valence-electron chi connectivity index (χ1n) is 13.7. The second-order valence-electron chi connectivity index (χ2n) is 10.4. The van der Waals surface area contributed by atoms with E-state index < -0.39 is 0 Å². The topological polar surface area (TPSA) is 71.1 Å². The maximum atomic E-state index is 13.1. The van der Waals surface area contributed by atoms with Gasteiger partial charge in [0.1, 0.15) is 0 Å². The van der Waals surface area contributed by atoms with Crippen molar-refractivity contribution in [1.29, 1.82) is 0 Å². The zero-order chi connectivity index (χ0) is 24.5. The minimum Gasteiger partial charge on any atom is -0.381 e. The molecule has 0 unspecified atom stereocenters. The van der Waals surface area contributed by atoms with Crippen molar-refractivity contribution in [2.75, 3.05) is 51.0 Å². The summed E-state index contributed by atoms with van der Waals surface area (Å²) < 4.78 is 11.1. The van der Waals surface area contributed by atoms with Crippen LogP contribution in [0.5, 0.6) is 0 Å². The standard InChI is InChI=1S/C28H43N3O4/c1-22(32)31-14-6-4-2-3-5-13-30(26-11-17-35-18-12-26)21-25-19-24(7-8-27(25)31)28(33)29-20-23-9-15-34-16-10-23/h7-8,19,23,26H,2-6,9-18,20-21H2,1H3,(H,29,33). The van der Waals surface area contributed by atoms with E-state index in [0.717, 1.165) is 95.8 Å². The minimum absolute atomic E-state index is 0.0302. The van der Waals surface area contributed by atoms with E-state index in [-0.39, 0.29) is 11.8 Å². The molecule has 0 aromatic heterocycles. The Labute approximate surface area is 210 Å². The van der Waals surface area contributed by atoms with Gasteiger partial charge in [0.05, 0.1) is 0 Å². The third-order valence-corrected chi connectivity index (χ3v) is 7.81. The predicted octanol–water partition coefficient (Wildman–Crippen LogP) is 4.14. The molecule has 4 rings (SSSR count). The van der Waals surface area contributed by atoms with Gasteiger partial charge in [-0.2, -0.15) is 0 Å². The number of anilines is 1. The van der Waals surface area contributed by atoms with Crippen molar-refractivity contribution >= 4 is 17.5 Å². The molecule has 35 heavy (non-hydrogen) atoms. The third-order valence-electron chi connectivity index (χ3n) is 7.81. The molecule has 0 saturated carbocycles. The predicted molar refractivity (Wildman–Crippen MR) is 138 cm³/mol. The molecule has 1 aromatic carbocycles. The van der Waals surface area contributed by atoms with Gasteiger partial charge in [-0.25, -0.2) is 0 Å². The number of amides is 2. The summed E-state index contributed by atoms with van der Waals surface area (Å²) in [4.78, 5) is 30.3. The van der Waals surface area contributed by atoms with Crippen LogP contribution in [0.4, 0.5) is 5.69 Å². The summed E-state index contributed by atoms with van der Waals surface area (Å²) in [6.07, 6.45) is 9.85. The van der Waals surface area contributed by atoms with Crippen molar-refractivity contribution in [3.8, 4) is 0 Å². The van der Waals surface area contributed by atoms with Gasteiger partial charge in [-0.1, -0.05) is 19.3 Å². The van der Waals surface area contributed by atoms with Gasteiger partial charge in [0.15, 0.2) is 0 Å². The summed E-state index contributed by atoms with van der Waals surface area (Å²) in [7, 11) is 0. The van der Waals surface area contributed by atoms with Gasteiger partial charge in [-0.15, -0.1) is 0 Å². The van der Waals surface area contributed by atoms with Gasteiger partial charge in [-0.3, -0.25) is 14.5 Å². The Balaban J connectivity index is 1.58. The Bertz CT molecular complexity index is 833. The van der Waals surface area contributed by atoms with Crippen LogP contribution in [0.25, 0.3) is 0 Å². The summed E-state index contributed by atoms with van der Waals surface area (Å²) in [6.45, 7) is 8.05. The van der Waals surface area contributed by atoms with Crippen LogP contribution in [0, 0.1) is 5.92 Å². The van der Waals surface area contributed by atoms with E-state index in [1.807, 2.05) is 23.1 Å². The number of carbonyl (C=O) groups excluding carboxylic acids is 2. The number of nitrogens with one attached hydrogen (secondary N) is 1. The second-order valence-corrected chi connectivity index (χ2v) is 10.4. The van der Waals surface area contributed by atoms with E-state index >= 15 is 0 Å².